The Hall–Kier alpha value is -0.848. The molecule has 15 heavy (non-hydrogen) atoms. The number of carbonyl (C=O) groups excluding carboxylic acids is 3. The minimum absolute atomic E-state index is 0.726. The van der Waals surface area contributed by atoms with E-state index in [-0.39, 0.29) is 0 Å². The standard InChI is InChI=1S/C8H11.3CH2O.Re/c1-7(2)8-5-3-4-6-8;3*1-2;/h3,5,7H,4H2,1-2H3;3*1H2;. The Bertz CT molecular complexity index is 205. The maximum absolute atomic E-state index is 8.00. The molecule has 0 heterocycles. The Balaban J connectivity index is -0.000000208. The zero-order valence-electron chi connectivity index (χ0n) is 9.16. The molecule has 0 radical (unpaired) electrons. The van der Waals surface area contributed by atoms with Crippen LogP contribution in [0.5, 0.6) is 0 Å². The molecular formula is C11H17O3Re. The second-order valence-corrected chi connectivity index (χ2v) is 4.26. The Morgan fingerprint density at radius 3 is 1.67 bits per heavy atom. The molecule has 86 valence electrons. The zero-order valence-corrected chi connectivity index (χ0v) is 11.9. The van der Waals surface area contributed by atoms with E-state index in [1.54, 1.807) is 9.62 Å². The summed E-state index contributed by atoms with van der Waals surface area (Å²) in [5.41, 5.74) is 1.56. The van der Waals surface area contributed by atoms with Gasteiger partial charge in [-0.15, -0.1) is 0 Å². The average Bonchev–Trinajstić information content (AvgIpc) is 2.73. The van der Waals surface area contributed by atoms with Crippen LogP contribution in [0.2, 0.25) is 0 Å². The van der Waals surface area contributed by atoms with E-state index in [9.17, 15) is 0 Å². The molecule has 1 aliphatic rings. The van der Waals surface area contributed by atoms with Crippen LogP contribution in [0, 0.1) is 5.92 Å². The van der Waals surface area contributed by atoms with E-state index in [1.165, 1.54) is 6.42 Å². The number of allylic oxidation sites excluding steroid dienone is 4. The van der Waals surface area contributed by atoms with Gasteiger partial charge in [-0.25, -0.2) is 0 Å². The summed E-state index contributed by atoms with van der Waals surface area (Å²) in [6, 6.07) is 0. The Labute approximate surface area is 102 Å². The van der Waals surface area contributed by atoms with Crippen molar-refractivity contribution < 1.29 is 33.6 Å². The van der Waals surface area contributed by atoms with Gasteiger partial charge in [-0.2, -0.15) is 0 Å². The van der Waals surface area contributed by atoms with Crippen LogP contribution in [0.3, 0.4) is 0 Å². The van der Waals surface area contributed by atoms with E-state index >= 15 is 0 Å². The summed E-state index contributed by atoms with van der Waals surface area (Å²) in [6.45, 7) is 10.5. The van der Waals surface area contributed by atoms with Crippen molar-refractivity contribution in [2.24, 2.45) is 5.92 Å². The van der Waals surface area contributed by atoms with Crippen LogP contribution in [0.25, 0.3) is 0 Å². The second-order valence-electron chi connectivity index (χ2n) is 2.62. The monoisotopic (exact) mass is 384 g/mol. The van der Waals surface area contributed by atoms with Gasteiger partial charge in [0.25, 0.3) is 0 Å². The molecule has 0 fully saturated rings. The summed E-state index contributed by atoms with van der Waals surface area (Å²) >= 11 is 1.83. The van der Waals surface area contributed by atoms with E-state index in [1.807, 2.05) is 39.6 Å². The molecule has 0 aromatic heterocycles. The van der Waals surface area contributed by atoms with Crippen LogP contribution < -0.4 is 0 Å². The molecule has 0 aromatic rings. The Kier molecular flexibility index (Phi) is 20.5. The van der Waals surface area contributed by atoms with Crippen LogP contribution in [-0.2, 0) is 33.6 Å². The van der Waals surface area contributed by atoms with Crippen molar-refractivity contribution in [3.63, 3.8) is 0 Å². The van der Waals surface area contributed by atoms with Crippen molar-refractivity contribution >= 4 is 20.4 Å². The van der Waals surface area contributed by atoms with Crippen LogP contribution in [0.4, 0.5) is 0 Å². The van der Waals surface area contributed by atoms with E-state index in [0.717, 1.165) is 5.92 Å². The van der Waals surface area contributed by atoms with Crippen molar-refractivity contribution in [3.05, 3.63) is 21.8 Å². The summed E-state index contributed by atoms with van der Waals surface area (Å²) in [5.74, 6) is 0.726. The fraction of sp³-hybridized carbons (Fsp3) is 0.364. The number of rotatable bonds is 1. The zero-order chi connectivity index (χ0) is 12.9. The predicted octanol–water partition coefficient (Wildman–Crippen LogP) is 1.85. The molecule has 0 amide bonds. The van der Waals surface area contributed by atoms with Gasteiger partial charge in [-0.3, -0.25) is 0 Å². The fourth-order valence-electron chi connectivity index (χ4n) is 1.00. The summed E-state index contributed by atoms with van der Waals surface area (Å²) in [4.78, 5) is 24.0. The molecule has 0 unspecified atom stereocenters. The third-order valence-electron chi connectivity index (χ3n) is 1.53. The van der Waals surface area contributed by atoms with Gasteiger partial charge in [-0.1, -0.05) is 0 Å². The van der Waals surface area contributed by atoms with Crippen molar-refractivity contribution in [2.75, 3.05) is 0 Å². The Morgan fingerprint density at radius 1 is 1.13 bits per heavy atom. The molecule has 0 saturated heterocycles. The van der Waals surface area contributed by atoms with Gasteiger partial charge in [0.2, 0.25) is 0 Å². The third-order valence-corrected chi connectivity index (χ3v) is 2.87. The average molecular weight is 383 g/mol. The van der Waals surface area contributed by atoms with Crippen molar-refractivity contribution in [2.45, 2.75) is 20.3 Å². The molecule has 0 aromatic carbocycles. The summed E-state index contributed by atoms with van der Waals surface area (Å²) < 4.78 is 1.60. The van der Waals surface area contributed by atoms with Gasteiger partial charge >= 0.3 is 67.2 Å². The first-order chi connectivity index (χ1) is 7.22. The number of carbonyl (C=O) groups is 3. The molecule has 1 rings (SSSR count). The topological polar surface area (TPSA) is 51.2 Å². The molecule has 1 aliphatic carbocycles. The van der Waals surface area contributed by atoms with Crippen molar-refractivity contribution in [3.8, 4) is 0 Å². The predicted molar refractivity (Wildman–Crippen MR) is 57.0 cm³/mol. The molecule has 0 aliphatic heterocycles. The first kappa shape index (κ1) is 19.7. The molecule has 0 bridgehead atoms. The van der Waals surface area contributed by atoms with E-state index in [2.05, 4.69) is 26.0 Å². The molecular weight excluding hydrogens is 366 g/mol. The van der Waals surface area contributed by atoms with Gasteiger partial charge in [-0.05, 0) is 0 Å². The van der Waals surface area contributed by atoms with Crippen molar-refractivity contribution in [1.29, 1.82) is 0 Å². The molecule has 0 N–H and O–H groups in total. The van der Waals surface area contributed by atoms with Gasteiger partial charge in [0.1, 0.15) is 20.4 Å². The number of hydrogen-bond acceptors (Lipinski definition) is 3. The van der Waals surface area contributed by atoms with E-state index in [0.29, 0.717) is 0 Å². The molecule has 0 saturated carbocycles. The third kappa shape index (κ3) is 9.46. The van der Waals surface area contributed by atoms with Crippen LogP contribution in [0.1, 0.15) is 20.3 Å². The van der Waals surface area contributed by atoms with Gasteiger partial charge < -0.3 is 14.4 Å². The van der Waals surface area contributed by atoms with Gasteiger partial charge in [0.15, 0.2) is 0 Å². The van der Waals surface area contributed by atoms with Crippen LogP contribution in [0.15, 0.2) is 21.8 Å². The molecule has 4 heteroatoms. The maximum atomic E-state index is 8.00. The summed E-state index contributed by atoms with van der Waals surface area (Å²) in [6.07, 6.45) is 5.72. The Morgan fingerprint density at radius 2 is 1.53 bits per heavy atom. The van der Waals surface area contributed by atoms with E-state index < -0.39 is 0 Å². The van der Waals surface area contributed by atoms with Gasteiger partial charge in [0, 0.05) is 0 Å². The summed E-state index contributed by atoms with van der Waals surface area (Å²) in [7, 11) is 0. The fourth-order valence-corrected chi connectivity index (χ4v) is 2.33. The van der Waals surface area contributed by atoms with Crippen LogP contribution in [-0.4, -0.2) is 20.4 Å². The van der Waals surface area contributed by atoms with Crippen molar-refractivity contribution in [1.82, 2.24) is 0 Å². The SMILES string of the molecule is C=O.C=O.C=O.CC(C)C1=[C]([Re])CC=C1. The molecule has 0 atom stereocenters. The molecule has 3 nitrogen and oxygen atoms in total. The first-order valence-electron chi connectivity index (χ1n) is 4.13. The normalized spacial score (nSPS) is 11.7. The van der Waals surface area contributed by atoms with E-state index in [4.69, 9.17) is 14.4 Å². The first-order valence-corrected chi connectivity index (χ1v) is 5.49. The summed E-state index contributed by atoms with van der Waals surface area (Å²) in [5, 5.41) is 0. The number of hydrogen-bond donors (Lipinski definition) is 0. The minimum atomic E-state index is 0.726. The van der Waals surface area contributed by atoms with Gasteiger partial charge in [0.05, 0.1) is 0 Å². The molecule has 0 spiro atoms. The van der Waals surface area contributed by atoms with Crippen LogP contribution >= 0.6 is 0 Å². The quantitative estimate of drug-likeness (QED) is 0.694. The second kappa shape index (κ2) is 15.6.